The third kappa shape index (κ3) is 2.06. The third-order valence-electron chi connectivity index (χ3n) is 5.45. The van der Waals surface area contributed by atoms with Crippen LogP contribution in [0.1, 0.15) is 24.5 Å². The molecule has 3 fully saturated rings. The fourth-order valence-electron chi connectivity index (χ4n) is 4.40. The van der Waals surface area contributed by atoms with Gasteiger partial charge in [-0.3, -0.25) is 9.59 Å². The number of imide groups is 1. The van der Waals surface area contributed by atoms with Gasteiger partial charge in [-0.2, -0.15) is 18.4 Å². The molecule has 26 heavy (non-hydrogen) atoms. The summed E-state index contributed by atoms with van der Waals surface area (Å²) in [7, 11) is 0. The Labute approximate surface area is 145 Å². The van der Waals surface area contributed by atoms with Gasteiger partial charge >= 0.3 is 6.18 Å². The smallest absolute Gasteiger partial charge is 0.390 e. The molecule has 5 atom stereocenters. The van der Waals surface area contributed by atoms with Gasteiger partial charge in [-0.15, -0.1) is 0 Å². The van der Waals surface area contributed by atoms with Gasteiger partial charge in [0.1, 0.15) is 0 Å². The number of rotatable bonds is 1. The van der Waals surface area contributed by atoms with Crippen LogP contribution in [0.2, 0.25) is 0 Å². The fraction of sp³-hybridized carbons (Fsp3) is 0.471. The first-order valence-electron chi connectivity index (χ1n) is 7.93. The molecule has 3 aliphatic heterocycles. The van der Waals surface area contributed by atoms with Crippen LogP contribution in [0.4, 0.5) is 18.9 Å². The number of hydrogen-bond acceptors (Lipinski definition) is 5. The van der Waals surface area contributed by atoms with E-state index in [9.17, 15) is 27.9 Å². The number of alkyl halides is 3. The molecule has 6 nitrogen and oxygen atoms in total. The van der Waals surface area contributed by atoms with Crippen LogP contribution < -0.4 is 4.90 Å². The molecule has 0 aliphatic carbocycles. The summed E-state index contributed by atoms with van der Waals surface area (Å²) in [5.41, 5.74) is -3.06. The Kier molecular flexibility index (Phi) is 3.30. The molecule has 1 N–H and O–H groups in total. The molecule has 3 heterocycles. The second-order valence-corrected chi connectivity index (χ2v) is 7.02. The molecule has 1 aromatic rings. The topological polar surface area (TPSA) is 90.6 Å². The summed E-state index contributed by atoms with van der Waals surface area (Å²) in [6.07, 6.45) is -6.35. The molecule has 0 aromatic heterocycles. The normalized spacial score (nSPS) is 35.8. The number of halogens is 3. The fourth-order valence-corrected chi connectivity index (χ4v) is 4.40. The minimum absolute atomic E-state index is 0.187. The molecule has 9 heteroatoms. The highest BCUT2D eigenvalue weighted by atomic mass is 19.4. The quantitative estimate of drug-likeness (QED) is 0.763. The summed E-state index contributed by atoms with van der Waals surface area (Å²) in [5, 5.41) is 18.9. The molecule has 2 amide bonds. The lowest BCUT2D eigenvalue weighted by atomic mass is 9.73. The Morgan fingerprint density at radius 2 is 2.04 bits per heavy atom. The summed E-state index contributed by atoms with van der Waals surface area (Å²) < 4.78 is 45.2. The van der Waals surface area contributed by atoms with Gasteiger partial charge in [-0.1, -0.05) is 0 Å². The summed E-state index contributed by atoms with van der Waals surface area (Å²) in [6, 6.07) is 4.18. The number of aliphatic hydroxyl groups excluding tert-OH is 1. The highest BCUT2D eigenvalue weighted by molar-refractivity contribution is 6.23. The van der Waals surface area contributed by atoms with E-state index >= 15 is 0 Å². The Morgan fingerprint density at radius 3 is 2.65 bits per heavy atom. The largest absolute Gasteiger partial charge is 0.417 e. The molecule has 0 spiro atoms. The van der Waals surface area contributed by atoms with Crippen LogP contribution >= 0.6 is 0 Å². The van der Waals surface area contributed by atoms with Crippen LogP contribution in [-0.4, -0.2) is 34.7 Å². The Balaban J connectivity index is 1.78. The number of carbonyl (C=O) groups is 2. The standard InChI is InChI=1S/C17H13F3N2O4/c1-16-5-10(23)13(26-16)11-12(16)15(25)22(14(11)24)8-3-2-7(6-21)9(4-8)17(18,19)20/h2-4,10-13,23H,5H2,1H3/t10-,11+,12+,13?,16?/m1/s1. The van der Waals surface area contributed by atoms with Crippen molar-refractivity contribution in [2.24, 2.45) is 11.8 Å². The van der Waals surface area contributed by atoms with E-state index in [-0.39, 0.29) is 12.1 Å². The van der Waals surface area contributed by atoms with Crippen LogP contribution in [0.15, 0.2) is 18.2 Å². The maximum Gasteiger partial charge on any atom is 0.417 e. The highest BCUT2D eigenvalue weighted by Gasteiger charge is 2.70. The zero-order chi connectivity index (χ0) is 19.0. The molecule has 2 bridgehead atoms. The SMILES string of the molecule is CC12C[C@@H](O)C(O1)[C@H]1C(=O)N(c3ccc(C#N)c(C(F)(F)F)c3)C(=O)[C@H]12. The molecule has 4 rings (SSSR count). The van der Waals surface area contributed by atoms with E-state index in [4.69, 9.17) is 10.00 Å². The number of ether oxygens (including phenoxy) is 1. The van der Waals surface area contributed by atoms with Crippen molar-refractivity contribution in [1.29, 1.82) is 5.26 Å². The van der Waals surface area contributed by atoms with Gasteiger partial charge in [0.2, 0.25) is 11.8 Å². The monoisotopic (exact) mass is 366 g/mol. The average Bonchev–Trinajstić information content (AvgIpc) is 3.12. The lowest BCUT2D eigenvalue weighted by Gasteiger charge is -2.27. The van der Waals surface area contributed by atoms with Crippen LogP contribution in [0, 0.1) is 23.2 Å². The molecule has 0 saturated carbocycles. The van der Waals surface area contributed by atoms with Gasteiger partial charge in [-0.05, 0) is 25.1 Å². The van der Waals surface area contributed by atoms with Crippen molar-refractivity contribution in [1.82, 2.24) is 0 Å². The lowest BCUT2D eigenvalue weighted by molar-refractivity contribution is -0.138. The van der Waals surface area contributed by atoms with Gasteiger partial charge in [0.05, 0.1) is 52.5 Å². The minimum atomic E-state index is -4.80. The lowest BCUT2D eigenvalue weighted by Crippen LogP contribution is -2.42. The number of anilines is 1. The van der Waals surface area contributed by atoms with Gasteiger partial charge in [0.15, 0.2) is 0 Å². The van der Waals surface area contributed by atoms with Gasteiger partial charge in [0, 0.05) is 6.42 Å². The zero-order valence-corrected chi connectivity index (χ0v) is 13.4. The number of nitriles is 1. The maximum atomic E-state index is 13.2. The zero-order valence-electron chi connectivity index (χ0n) is 13.4. The Morgan fingerprint density at radius 1 is 1.35 bits per heavy atom. The first-order chi connectivity index (χ1) is 12.1. The van der Waals surface area contributed by atoms with Gasteiger partial charge < -0.3 is 9.84 Å². The molecule has 3 aliphatic rings. The van der Waals surface area contributed by atoms with Crippen LogP contribution in [0.5, 0.6) is 0 Å². The summed E-state index contributed by atoms with van der Waals surface area (Å²) in [4.78, 5) is 26.3. The van der Waals surface area contributed by atoms with Gasteiger partial charge in [-0.25, -0.2) is 4.90 Å². The van der Waals surface area contributed by atoms with E-state index in [1.807, 2.05) is 0 Å². The molecule has 0 radical (unpaired) electrons. The van der Waals surface area contributed by atoms with Crippen molar-refractivity contribution < 1.29 is 32.6 Å². The van der Waals surface area contributed by atoms with E-state index in [1.54, 1.807) is 6.92 Å². The predicted octanol–water partition coefficient (Wildman–Crippen LogP) is 1.60. The predicted molar refractivity (Wildman–Crippen MR) is 79.5 cm³/mol. The van der Waals surface area contributed by atoms with E-state index in [1.165, 1.54) is 6.07 Å². The van der Waals surface area contributed by atoms with Crippen molar-refractivity contribution in [3.8, 4) is 6.07 Å². The van der Waals surface area contributed by atoms with Crippen molar-refractivity contribution in [3.63, 3.8) is 0 Å². The number of benzene rings is 1. The van der Waals surface area contributed by atoms with Gasteiger partial charge in [0.25, 0.3) is 0 Å². The van der Waals surface area contributed by atoms with Crippen molar-refractivity contribution in [2.45, 2.75) is 37.3 Å². The average molecular weight is 366 g/mol. The Hall–Kier alpha value is -2.44. The summed E-state index contributed by atoms with van der Waals surface area (Å²) >= 11 is 0. The molecular formula is C17H13F3N2O4. The number of aliphatic hydroxyl groups is 1. The van der Waals surface area contributed by atoms with Crippen molar-refractivity contribution in [3.05, 3.63) is 29.3 Å². The second kappa shape index (κ2) is 5.05. The molecule has 2 unspecified atom stereocenters. The minimum Gasteiger partial charge on any atom is -0.390 e. The molecule has 136 valence electrons. The van der Waals surface area contributed by atoms with Crippen molar-refractivity contribution >= 4 is 17.5 Å². The number of hydrogen-bond donors (Lipinski definition) is 1. The second-order valence-electron chi connectivity index (χ2n) is 7.02. The number of nitrogens with zero attached hydrogens (tertiary/aromatic N) is 2. The Bertz CT molecular complexity index is 878. The van der Waals surface area contributed by atoms with Crippen LogP contribution in [0.25, 0.3) is 0 Å². The number of amides is 2. The molecular weight excluding hydrogens is 353 g/mol. The number of carbonyl (C=O) groups excluding carboxylic acids is 2. The van der Waals surface area contributed by atoms with E-state index in [2.05, 4.69) is 0 Å². The maximum absolute atomic E-state index is 13.2. The molecule has 1 aromatic carbocycles. The summed E-state index contributed by atoms with van der Waals surface area (Å²) in [6.45, 7) is 1.62. The van der Waals surface area contributed by atoms with E-state index in [0.29, 0.717) is 6.07 Å². The molecule has 3 saturated heterocycles. The van der Waals surface area contributed by atoms with Crippen molar-refractivity contribution in [2.75, 3.05) is 4.90 Å². The number of fused-ring (bicyclic) bond motifs is 5. The highest BCUT2D eigenvalue weighted by Crippen LogP contribution is 2.55. The first-order valence-corrected chi connectivity index (χ1v) is 7.93. The van der Waals surface area contributed by atoms with Crippen LogP contribution in [0.3, 0.4) is 0 Å². The van der Waals surface area contributed by atoms with Crippen LogP contribution in [-0.2, 0) is 20.5 Å². The first kappa shape index (κ1) is 17.0. The third-order valence-corrected chi connectivity index (χ3v) is 5.45. The van der Waals surface area contributed by atoms with E-state index < -0.39 is 58.8 Å². The van der Waals surface area contributed by atoms with E-state index in [0.717, 1.165) is 17.0 Å². The summed E-state index contributed by atoms with van der Waals surface area (Å²) in [5.74, 6) is -3.09.